The Balaban J connectivity index is 1.78. The molecule has 126 valence electrons. The lowest BCUT2D eigenvalue weighted by atomic mass is 9.78. The van der Waals surface area contributed by atoms with E-state index in [-0.39, 0.29) is 27.8 Å². The highest BCUT2D eigenvalue weighted by molar-refractivity contribution is 5.82. The monoisotopic (exact) mass is 306 g/mol. The Morgan fingerprint density at radius 2 is 1.86 bits per heavy atom. The van der Waals surface area contributed by atoms with Gasteiger partial charge in [0.25, 0.3) is 0 Å². The van der Waals surface area contributed by atoms with Crippen molar-refractivity contribution in [3.8, 4) is 0 Å². The van der Waals surface area contributed by atoms with Gasteiger partial charge in [-0.25, -0.2) is 0 Å². The first-order chi connectivity index (χ1) is 10.0. The van der Waals surface area contributed by atoms with E-state index < -0.39 is 0 Å². The van der Waals surface area contributed by atoms with Crippen molar-refractivity contribution in [3.63, 3.8) is 0 Å². The molecule has 3 saturated carbocycles. The molecule has 0 amide bonds. The number of esters is 1. The van der Waals surface area contributed by atoms with Crippen LogP contribution in [0.2, 0.25) is 0 Å². The minimum Gasteiger partial charge on any atom is -0.458 e. The van der Waals surface area contributed by atoms with E-state index in [2.05, 4.69) is 41.5 Å². The summed E-state index contributed by atoms with van der Waals surface area (Å²) in [6, 6.07) is 0. The molecule has 2 bridgehead atoms. The zero-order chi connectivity index (χ0) is 16.4. The van der Waals surface area contributed by atoms with Crippen molar-refractivity contribution >= 4 is 5.97 Å². The Labute approximate surface area is 136 Å². The van der Waals surface area contributed by atoms with E-state index in [1.807, 2.05) is 0 Å². The molecule has 2 heteroatoms. The Bertz CT molecular complexity index is 473. The Hall–Kier alpha value is -0.530. The molecule has 0 aromatic heterocycles. The highest BCUT2D eigenvalue weighted by Crippen LogP contribution is 2.69. The fraction of sp³-hybridized carbons (Fsp3) is 0.950. The summed E-state index contributed by atoms with van der Waals surface area (Å²) in [5.74, 6) is 1.55. The maximum absolute atomic E-state index is 13.2. The third-order valence-electron chi connectivity index (χ3n) is 6.95. The molecule has 3 aliphatic rings. The van der Waals surface area contributed by atoms with E-state index in [0.29, 0.717) is 5.92 Å². The smallest absolute Gasteiger partial charge is 0.313 e. The number of rotatable bonds is 4. The van der Waals surface area contributed by atoms with E-state index >= 15 is 0 Å². The topological polar surface area (TPSA) is 26.3 Å². The van der Waals surface area contributed by atoms with Crippen molar-refractivity contribution in [3.05, 3.63) is 0 Å². The number of carbonyl (C=O) groups is 1. The molecule has 0 N–H and O–H groups in total. The molecule has 3 rings (SSSR count). The molecule has 0 spiro atoms. The lowest BCUT2D eigenvalue weighted by Crippen LogP contribution is -2.43. The van der Waals surface area contributed by atoms with Crippen LogP contribution in [0.1, 0.15) is 86.5 Å². The summed E-state index contributed by atoms with van der Waals surface area (Å²) in [5.41, 5.74) is -0.108. The molecule has 0 radical (unpaired) electrons. The third kappa shape index (κ3) is 2.41. The van der Waals surface area contributed by atoms with Gasteiger partial charge >= 0.3 is 5.97 Å². The van der Waals surface area contributed by atoms with Crippen molar-refractivity contribution in [1.29, 1.82) is 0 Å². The molecular weight excluding hydrogens is 272 g/mol. The number of hydrogen-bond acceptors (Lipinski definition) is 2. The Morgan fingerprint density at radius 3 is 2.23 bits per heavy atom. The molecule has 0 aromatic carbocycles. The van der Waals surface area contributed by atoms with Crippen molar-refractivity contribution in [2.24, 2.45) is 28.1 Å². The maximum Gasteiger partial charge on any atom is 0.313 e. The second-order valence-corrected chi connectivity index (χ2v) is 10.3. The van der Waals surface area contributed by atoms with Crippen molar-refractivity contribution in [2.75, 3.05) is 0 Å². The summed E-state index contributed by atoms with van der Waals surface area (Å²) in [5, 5.41) is 0. The van der Waals surface area contributed by atoms with Crippen LogP contribution in [0.3, 0.4) is 0 Å². The first kappa shape index (κ1) is 16.3. The highest BCUT2D eigenvalue weighted by atomic mass is 16.6. The average molecular weight is 306 g/mol. The SMILES string of the molecule is CCC1(OC(=O)C2(CC(C)(C)C)CC2(C)C)CC2CCC1C2. The van der Waals surface area contributed by atoms with E-state index in [4.69, 9.17) is 4.74 Å². The molecule has 22 heavy (non-hydrogen) atoms. The molecule has 0 aliphatic heterocycles. The average Bonchev–Trinajstić information content (AvgIpc) is 2.77. The first-order valence-corrected chi connectivity index (χ1v) is 9.27. The van der Waals surface area contributed by atoms with Crippen LogP contribution in [0.5, 0.6) is 0 Å². The fourth-order valence-electron chi connectivity index (χ4n) is 5.64. The van der Waals surface area contributed by atoms with E-state index in [1.165, 1.54) is 19.3 Å². The highest BCUT2D eigenvalue weighted by Gasteiger charge is 2.69. The minimum absolute atomic E-state index is 0.101. The van der Waals surface area contributed by atoms with Crippen LogP contribution < -0.4 is 0 Å². The molecular formula is C20H34O2. The maximum atomic E-state index is 13.2. The van der Waals surface area contributed by atoms with Crippen LogP contribution in [-0.2, 0) is 9.53 Å². The predicted molar refractivity (Wildman–Crippen MR) is 89.5 cm³/mol. The van der Waals surface area contributed by atoms with Gasteiger partial charge in [0.2, 0.25) is 0 Å². The lowest BCUT2D eigenvalue weighted by Gasteiger charge is -2.39. The van der Waals surface area contributed by atoms with Crippen molar-refractivity contribution < 1.29 is 9.53 Å². The molecule has 3 aliphatic carbocycles. The number of fused-ring (bicyclic) bond motifs is 2. The zero-order valence-electron chi connectivity index (χ0n) is 15.4. The summed E-state index contributed by atoms with van der Waals surface area (Å²) in [7, 11) is 0. The first-order valence-electron chi connectivity index (χ1n) is 9.27. The summed E-state index contributed by atoms with van der Waals surface area (Å²) in [6.07, 6.45) is 7.95. The lowest BCUT2D eigenvalue weighted by molar-refractivity contribution is -0.176. The largest absolute Gasteiger partial charge is 0.458 e. The van der Waals surface area contributed by atoms with Crippen molar-refractivity contribution in [2.45, 2.75) is 92.1 Å². The van der Waals surface area contributed by atoms with E-state index in [0.717, 1.165) is 31.6 Å². The number of ether oxygens (including phenoxy) is 1. The van der Waals surface area contributed by atoms with Gasteiger partial charge < -0.3 is 4.74 Å². The summed E-state index contributed by atoms with van der Waals surface area (Å²) in [6.45, 7) is 13.4. The second kappa shape index (κ2) is 4.74. The molecule has 0 heterocycles. The standard InChI is InChI=1S/C20H34O2/c1-7-20(11-14-8-9-15(20)10-14)22-16(21)19(12-17(2,3)4)13-18(19,5)6/h14-15H,7-13H2,1-6H3. The molecule has 0 saturated heterocycles. The number of carbonyl (C=O) groups excluding carboxylic acids is 1. The van der Waals surface area contributed by atoms with Crippen LogP contribution >= 0.6 is 0 Å². The van der Waals surface area contributed by atoms with Gasteiger partial charge in [-0.2, -0.15) is 0 Å². The van der Waals surface area contributed by atoms with E-state index in [1.54, 1.807) is 0 Å². The van der Waals surface area contributed by atoms with Crippen LogP contribution in [0.15, 0.2) is 0 Å². The van der Waals surface area contributed by atoms with Gasteiger partial charge in [-0.15, -0.1) is 0 Å². The van der Waals surface area contributed by atoms with Gasteiger partial charge in [-0.3, -0.25) is 4.79 Å². The normalized spacial score (nSPS) is 42.5. The zero-order valence-corrected chi connectivity index (χ0v) is 15.4. The third-order valence-corrected chi connectivity index (χ3v) is 6.95. The van der Waals surface area contributed by atoms with Crippen LogP contribution in [0.4, 0.5) is 0 Å². The van der Waals surface area contributed by atoms with Gasteiger partial charge in [0, 0.05) is 0 Å². The summed E-state index contributed by atoms with van der Waals surface area (Å²) in [4.78, 5) is 13.2. The number of hydrogen-bond donors (Lipinski definition) is 0. The van der Waals surface area contributed by atoms with Gasteiger partial charge in [0.05, 0.1) is 5.41 Å². The molecule has 0 aromatic rings. The second-order valence-electron chi connectivity index (χ2n) is 10.3. The minimum atomic E-state index is -0.241. The molecule has 3 fully saturated rings. The fourth-order valence-corrected chi connectivity index (χ4v) is 5.64. The quantitative estimate of drug-likeness (QED) is 0.654. The van der Waals surface area contributed by atoms with Crippen LogP contribution in [-0.4, -0.2) is 11.6 Å². The van der Waals surface area contributed by atoms with Gasteiger partial charge in [-0.05, 0) is 67.6 Å². The van der Waals surface area contributed by atoms with Crippen LogP contribution in [0.25, 0.3) is 0 Å². The Kier molecular flexibility index (Phi) is 3.52. The summed E-state index contributed by atoms with van der Waals surface area (Å²) < 4.78 is 6.35. The van der Waals surface area contributed by atoms with Crippen molar-refractivity contribution in [1.82, 2.24) is 0 Å². The Morgan fingerprint density at radius 1 is 1.23 bits per heavy atom. The van der Waals surface area contributed by atoms with Gasteiger partial charge in [0.1, 0.15) is 5.60 Å². The van der Waals surface area contributed by atoms with Gasteiger partial charge in [0.15, 0.2) is 0 Å². The summed E-state index contributed by atoms with van der Waals surface area (Å²) >= 11 is 0. The van der Waals surface area contributed by atoms with Crippen LogP contribution in [0, 0.1) is 28.1 Å². The van der Waals surface area contributed by atoms with E-state index in [9.17, 15) is 4.79 Å². The molecule has 4 atom stereocenters. The van der Waals surface area contributed by atoms with Gasteiger partial charge in [-0.1, -0.05) is 41.5 Å². The molecule has 4 unspecified atom stereocenters. The molecule has 2 nitrogen and oxygen atoms in total. The predicted octanol–water partition coefficient (Wildman–Crippen LogP) is 5.35.